The van der Waals surface area contributed by atoms with Gasteiger partial charge in [0.25, 0.3) is 0 Å². The molecular weight excluding hydrogens is 371 g/mol. The van der Waals surface area contributed by atoms with E-state index in [1.54, 1.807) is 24.3 Å². The minimum Gasteiger partial charge on any atom is -0.493 e. The van der Waals surface area contributed by atoms with Gasteiger partial charge in [-0.05, 0) is 44.2 Å². The summed E-state index contributed by atoms with van der Waals surface area (Å²) in [6, 6.07) is 9.09. The highest BCUT2D eigenvalue weighted by molar-refractivity contribution is 7.93. The molecule has 0 aliphatic heterocycles. The Morgan fingerprint density at radius 1 is 1.00 bits per heavy atom. The fourth-order valence-corrected chi connectivity index (χ4v) is 2.67. The standard InChI is InChI=1S/C17H18F3NO4S/c1-11(2)26(22,23)21-13-10-12(17(18,19)20)8-9-14(13)25-16-7-5-4-6-15(16)24-3/h4-11,21H,1-3H3. The number of benzene rings is 2. The van der Waals surface area contributed by atoms with Crippen LogP contribution < -0.4 is 14.2 Å². The summed E-state index contributed by atoms with van der Waals surface area (Å²) in [7, 11) is -2.46. The molecule has 0 unspecified atom stereocenters. The summed E-state index contributed by atoms with van der Waals surface area (Å²) in [5.41, 5.74) is -1.30. The number of ether oxygens (including phenoxy) is 2. The number of anilines is 1. The summed E-state index contributed by atoms with van der Waals surface area (Å²) in [6.07, 6.45) is -4.62. The first-order valence-corrected chi connectivity index (χ1v) is 9.13. The normalized spacial score (nSPS) is 12.1. The van der Waals surface area contributed by atoms with E-state index >= 15 is 0 Å². The van der Waals surface area contributed by atoms with Gasteiger partial charge in [0.1, 0.15) is 0 Å². The summed E-state index contributed by atoms with van der Waals surface area (Å²) in [5, 5.41) is -0.837. The molecule has 142 valence electrons. The van der Waals surface area contributed by atoms with Crippen molar-refractivity contribution in [3.63, 3.8) is 0 Å². The Balaban J connectivity index is 2.51. The van der Waals surface area contributed by atoms with Crippen molar-refractivity contribution < 1.29 is 31.1 Å². The van der Waals surface area contributed by atoms with Gasteiger partial charge < -0.3 is 9.47 Å². The van der Waals surface area contributed by atoms with Crippen LogP contribution in [0.4, 0.5) is 18.9 Å². The average molecular weight is 389 g/mol. The van der Waals surface area contributed by atoms with E-state index in [1.807, 2.05) is 0 Å². The van der Waals surface area contributed by atoms with E-state index in [9.17, 15) is 21.6 Å². The van der Waals surface area contributed by atoms with Crippen LogP contribution in [-0.4, -0.2) is 20.8 Å². The maximum atomic E-state index is 13.0. The van der Waals surface area contributed by atoms with Crippen molar-refractivity contribution in [2.24, 2.45) is 0 Å². The molecule has 2 rings (SSSR count). The second-order valence-corrected chi connectivity index (χ2v) is 7.89. The van der Waals surface area contributed by atoms with E-state index in [0.29, 0.717) is 11.8 Å². The molecule has 0 aromatic heterocycles. The first kappa shape index (κ1) is 19.9. The number of para-hydroxylation sites is 2. The molecule has 0 saturated carbocycles. The number of hydrogen-bond donors (Lipinski definition) is 1. The Hall–Kier alpha value is -2.42. The maximum absolute atomic E-state index is 13.0. The Kier molecular flexibility index (Phi) is 5.70. The Labute approximate surface area is 149 Å². The largest absolute Gasteiger partial charge is 0.493 e. The second kappa shape index (κ2) is 7.45. The van der Waals surface area contributed by atoms with E-state index in [4.69, 9.17) is 9.47 Å². The van der Waals surface area contributed by atoms with Gasteiger partial charge in [-0.3, -0.25) is 4.72 Å². The maximum Gasteiger partial charge on any atom is 0.416 e. The van der Waals surface area contributed by atoms with Crippen LogP contribution in [0.3, 0.4) is 0 Å². The smallest absolute Gasteiger partial charge is 0.416 e. The molecule has 0 aliphatic carbocycles. The van der Waals surface area contributed by atoms with Gasteiger partial charge in [-0.2, -0.15) is 13.2 Å². The van der Waals surface area contributed by atoms with Crippen LogP contribution in [0.2, 0.25) is 0 Å². The van der Waals surface area contributed by atoms with Crippen molar-refractivity contribution in [3.8, 4) is 17.2 Å². The minimum atomic E-state index is -4.62. The molecule has 0 saturated heterocycles. The molecule has 9 heteroatoms. The monoisotopic (exact) mass is 389 g/mol. The summed E-state index contributed by atoms with van der Waals surface area (Å²) >= 11 is 0. The van der Waals surface area contributed by atoms with Crippen molar-refractivity contribution in [2.75, 3.05) is 11.8 Å². The van der Waals surface area contributed by atoms with Gasteiger partial charge in [-0.1, -0.05) is 12.1 Å². The Morgan fingerprint density at radius 3 is 2.15 bits per heavy atom. The lowest BCUT2D eigenvalue weighted by Gasteiger charge is -2.18. The van der Waals surface area contributed by atoms with Crippen LogP contribution in [0.25, 0.3) is 0 Å². The van der Waals surface area contributed by atoms with Crippen molar-refractivity contribution in [1.82, 2.24) is 0 Å². The predicted octanol–water partition coefficient (Wildman–Crippen LogP) is 4.66. The molecule has 5 nitrogen and oxygen atoms in total. The van der Waals surface area contributed by atoms with Gasteiger partial charge in [0, 0.05) is 0 Å². The van der Waals surface area contributed by atoms with Crippen LogP contribution in [-0.2, 0) is 16.2 Å². The van der Waals surface area contributed by atoms with Crippen molar-refractivity contribution in [3.05, 3.63) is 48.0 Å². The lowest BCUT2D eigenvalue weighted by Crippen LogP contribution is -2.23. The molecule has 0 heterocycles. The molecule has 1 N–H and O–H groups in total. The first-order valence-electron chi connectivity index (χ1n) is 7.58. The SMILES string of the molecule is COc1ccccc1Oc1ccc(C(F)(F)F)cc1NS(=O)(=O)C(C)C. The number of hydrogen-bond acceptors (Lipinski definition) is 4. The first-order chi connectivity index (χ1) is 12.0. The van der Waals surface area contributed by atoms with E-state index in [1.165, 1.54) is 21.0 Å². The van der Waals surface area contributed by atoms with E-state index in [-0.39, 0.29) is 17.2 Å². The van der Waals surface area contributed by atoms with Crippen LogP contribution >= 0.6 is 0 Å². The zero-order valence-electron chi connectivity index (χ0n) is 14.3. The number of nitrogens with one attached hydrogen (secondary N) is 1. The van der Waals surface area contributed by atoms with Crippen LogP contribution in [0.15, 0.2) is 42.5 Å². The highest BCUT2D eigenvalue weighted by Gasteiger charge is 2.32. The fraction of sp³-hybridized carbons (Fsp3) is 0.294. The Bertz CT molecular complexity index is 880. The number of methoxy groups -OCH3 is 1. The fourth-order valence-electron chi connectivity index (χ4n) is 1.97. The summed E-state index contributed by atoms with van der Waals surface area (Å²) in [4.78, 5) is 0. The van der Waals surface area contributed by atoms with E-state index < -0.39 is 27.0 Å². The van der Waals surface area contributed by atoms with Gasteiger partial charge in [-0.25, -0.2) is 8.42 Å². The van der Waals surface area contributed by atoms with Crippen LogP contribution in [0.1, 0.15) is 19.4 Å². The van der Waals surface area contributed by atoms with Crippen molar-refractivity contribution in [2.45, 2.75) is 25.3 Å². The molecule has 0 amide bonds. The zero-order chi connectivity index (χ0) is 19.5. The molecule has 0 aliphatic rings. The average Bonchev–Trinajstić information content (AvgIpc) is 2.55. The highest BCUT2D eigenvalue weighted by atomic mass is 32.2. The van der Waals surface area contributed by atoms with E-state index in [0.717, 1.165) is 12.1 Å². The number of alkyl halides is 3. The zero-order valence-corrected chi connectivity index (χ0v) is 15.1. The molecule has 26 heavy (non-hydrogen) atoms. The summed E-state index contributed by atoms with van der Waals surface area (Å²) in [5.74, 6) is 0.511. The van der Waals surface area contributed by atoms with Gasteiger partial charge in [-0.15, -0.1) is 0 Å². The quantitative estimate of drug-likeness (QED) is 0.781. The molecule has 2 aromatic rings. The third kappa shape index (κ3) is 4.60. The van der Waals surface area contributed by atoms with Gasteiger partial charge in [0.05, 0.1) is 23.6 Å². The molecule has 0 fully saturated rings. The molecule has 0 atom stereocenters. The molecular formula is C17H18F3NO4S. The topological polar surface area (TPSA) is 64.6 Å². The van der Waals surface area contributed by atoms with Crippen LogP contribution in [0.5, 0.6) is 17.2 Å². The number of halogens is 3. The molecule has 2 aromatic carbocycles. The lowest BCUT2D eigenvalue weighted by molar-refractivity contribution is -0.137. The molecule has 0 radical (unpaired) electrons. The van der Waals surface area contributed by atoms with Crippen molar-refractivity contribution in [1.29, 1.82) is 0 Å². The number of rotatable bonds is 6. The summed E-state index contributed by atoms with van der Waals surface area (Å²) in [6.45, 7) is 2.83. The van der Waals surface area contributed by atoms with Gasteiger partial charge in [0.2, 0.25) is 10.0 Å². The third-order valence-electron chi connectivity index (χ3n) is 3.47. The van der Waals surface area contributed by atoms with Crippen molar-refractivity contribution >= 4 is 15.7 Å². The van der Waals surface area contributed by atoms with Gasteiger partial charge >= 0.3 is 6.18 Å². The number of sulfonamides is 1. The Morgan fingerprint density at radius 2 is 1.62 bits per heavy atom. The molecule has 0 spiro atoms. The summed E-state index contributed by atoms with van der Waals surface area (Å²) < 4.78 is 76.1. The van der Waals surface area contributed by atoms with Crippen LogP contribution in [0, 0.1) is 0 Å². The minimum absolute atomic E-state index is 0.0771. The highest BCUT2D eigenvalue weighted by Crippen LogP contribution is 2.39. The second-order valence-electron chi connectivity index (χ2n) is 5.66. The third-order valence-corrected chi connectivity index (χ3v) is 5.21. The van der Waals surface area contributed by atoms with Gasteiger partial charge in [0.15, 0.2) is 17.2 Å². The molecule has 0 bridgehead atoms. The van der Waals surface area contributed by atoms with E-state index in [2.05, 4.69) is 4.72 Å². The lowest BCUT2D eigenvalue weighted by atomic mass is 10.2. The predicted molar refractivity (Wildman–Crippen MR) is 92.2 cm³/mol.